The molecule has 2 aromatic carbocycles. The normalized spacial score (nSPS) is 17.8. The predicted octanol–water partition coefficient (Wildman–Crippen LogP) is 1.86. The second kappa shape index (κ2) is 11.4. The molecular formula is C24H25N3O9S. The molecule has 196 valence electrons. The summed E-state index contributed by atoms with van der Waals surface area (Å²) in [6, 6.07) is 12.0. The molecule has 1 aliphatic heterocycles. The number of amides is 2. The van der Waals surface area contributed by atoms with Crippen LogP contribution < -0.4 is 10.1 Å². The van der Waals surface area contributed by atoms with Gasteiger partial charge in [-0.25, -0.2) is 4.79 Å². The maximum Gasteiger partial charge on any atom is 0.357 e. The van der Waals surface area contributed by atoms with E-state index < -0.39 is 57.7 Å². The fraction of sp³-hybridized carbons (Fsp3) is 0.333. The topological polar surface area (TPSA) is 165 Å². The van der Waals surface area contributed by atoms with Gasteiger partial charge in [0.2, 0.25) is 11.3 Å². The molecule has 0 saturated carbocycles. The second-order valence-corrected chi connectivity index (χ2v) is 9.99. The number of β-lactam (4-membered cyclic amide) rings is 1. The smallest absolute Gasteiger partial charge is 0.357 e. The lowest BCUT2D eigenvalue weighted by Gasteiger charge is -2.47. The number of aliphatic hydroxyl groups excluding tert-OH is 1. The summed E-state index contributed by atoms with van der Waals surface area (Å²) in [5, 5.41) is 22.1. The highest BCUT2D eigenvalue weighted by molar-refractivity contribution is 8.14. The predicted molar refractivity (Wildman–Crippen MR) is 131 cm³/mol. The van der Waals surface area contributed by atoms with Crippen molar-refractivity contribution in [1.29, 1.82) is 0 Å². The molecule has 2 aromatic rings. The number of aliphatic hydroxyl groups is 1. The summed E-state index contributed by atoms with van der Waals surface area (Å²) in [4.78, 5) is 61.5. The van der Waals surface area contributed by atoms with Crippen molar-refractivity contribution >= 4 is 40.3 Å². The first-order chi connectivity index (χ1) is 17.4. The SMILES string of the molecule is CC(C)(C)OC(=O)C(O)N1C(=O)[C@@H](NC(=O)COc2ccccc2)[C@H]1SC(=O)c1ccc([N+](=O)[O-])cc1. The van der Waals surface area contributed by atoms with Gasteiger partial charge in [-0.05, 0) is 45.0 Å². The Kier molecular flexibility index (Phi) is 8.50. The molecular weight excluding hydrogens is 506 g/mol. The minimum absolute atomic E-state index is 0.0825. The van der Waals surface area contributed by atoms with Gasteiger partial charge in [0.05, 0.1) is 4.92 Å². The molecule has 37 heavy (non-hydrogen) atoms. The van der Waals surface area contributed by atoms with Crippen LogP contribution in [0.5, 0.6) is 5.75 Å². The summed E-state index contributed by atoms with van der Waals surface area (Å²) in [5.74, 6) is -2.15. The number of nitro groups is 1. The lowest BCUT2D eigenvalue weighted by Crippen LogP contribution is -2.73. The van der Waals surface area contributed by atoms with E-state index in [0.29, 0.717) is 17.5 Å². The van der Waals surface area contributed by atoms with Crippen molar-refractivity contribution in [1.82, 2.24) is 10.2 Å². The molecule has 12 nitrogen and oxygen atoms in total. The summed E-state index contributed by atoms with van der Waals surface area (Å²) < 4.78 is 10.5. The van der Waals surface area contributed by atoms with Crippen LogP contribution in [-0.2, 0) is 19.1 Å². The maximum absolute atomic E-state index is 12.9. The van der Waals surface area contributed by atoms with E-state index in [9.17, 15) is 34.4 Å². The van der Waals surface area contributed by atoms with Crippen LogP contribution in [0.1, 0.15) is 31.1 Å². The van der Waals surface area contributed by atoms with Crippen LogP contribution in [0.25, 0.3) is 0 Å². The number of likely N-dealkylation sites (tertiary alicyclic amines) is 1. The van der Waals surface area contributed by atoms with E-state index in [0.717, 1.165) is 17.0 Å². The van der Waals surface area contributed by atoms with E-state index in [4.69, 9.17) is 9.47 Å². The Balaban J connectivity index is 1.75. The number of hydrogen-bond donors (Lipinski definition) is 2. The monoisotopic (exact) mass is 531 g/mol. The number of carbonyl (C=O) groups is 4. The van der Waals surface area contributed by atoms with E-state index in [-0.39, 0.29) is 11.3 Å². The summed E-state index contributed by atoms with van der Waals surface area (Å²) in [5.41, 5.74) is -1.09. The van der Waals surface area contributed by atoms with Gasteiger partial charge in [0, 0.05) is 17.7 Å². The molecule has 3 rings (SSSR count). The fourth-order valence-electron chi connectivity index (χ4n) is 3.25. The van der Waals surface area contributed by atoms with E-state index >= 15 is 0 Å². The number of nitro benzene ring substituents is 1. The summed E-state index contributed by atoms with van der Waals surface area (Å²) >= 11 is 0.567. The third kappa shape index (κ3) is 7.05. The molecule has 0 bridgehead atoms. The van der Waals surface area contributed by atoms with Gasteiger partial charge in [0.1, 0.15) is 22.8 Å². The van der Waals surface area contributed by atoms with E-state index in [2.05, 4.69) is 5.32 Å². The Labute approximate surface area is 216 Å². The van der Waals surface area contributed by atoms with Crippen LogP contribution in [0.2, 0.25) is 0 Å². The van der Waals surface area contributed by atoms with Crippen molar-refractivity contribution in [3.05, 3.63) is 70.3 Å². The van der Waals surface area contributed by atoms with Gasteiger partial charge in [-0.3, -0.25) is 29.4 Å². The third-order valence-corrected chi connectivity index (χ3v) is 6.12. The van der Waals surface area contributed by atoms with E-state index in [1.54, 1.807) is 51.1 Å². The van der Waals surface area contributed by atoms with Gasteiger partial charge in [-0.15, -0.1) is 0 Å². The zero-order valence-corrected chi connectivity index (χ0v) is 21.0. The minimum atomic E-state index is -2.03. The number of carbonyl (C=O) groups excluding carboxylic acids is 4. The number of nitrogens with one attached hydrogen (secondary N) is 1. The Bertz CT molecular complexity index is 1180. The Hall–Kier alpha value is -3.97. The van der Waals surface area contributed by atoms with Crippen molar-refractivity contribution in [2.24, 2.45) is 0 Å². The Morgan fingerprint density at radius 3 is 2.32 bits per heavy atom. The summed E-state index contributed by atoms with van der Waals surface area (Å²) in [6.07, 6.45) is -2.03. The van der Waals surface area contributed by atoms with E-state index in [1.165, 1.54) is 12.1 Å². The first kappa shape index (κ1) is 27.6. The van der Waals surface area contributed by atoms with Crippen LogP contribution in [0.4, 0.5) is 5.69 Å². The number of thioether (sulfide) groups is 1. The van der Waals surface area contributed by atoms with Gasteiger partial charge in [-0.2, -0.15) is 0 Å². The van der Waals surface area contributed by atoms with Crippen LogP contribution >= 0.6 is 11.8 Å². The zero-order chi connectivity index (χ0) is 27.3. The average molecular weight is 532 g/mol. The summed E-state index contributed by atoms with van der Waals surface area (Å²) in [6.45, 7) is 4.32. The highest BCUT2D eigenvalue weighted by atomic mass is 32.2. The quantitative estimate of drug-likeness (QED) is 0.211. The van der Waals surface area contributed by atoms with Crippen molar-refractivity contribution in [2.45, 2.75) is 44.0 Å². The molecule has 1 heterocycles. The first-order valence-electron chi connectivity index (χ1n) is 11.0. The van der Waals surface area contributed by atoms with Gasteiger partial charge >= 0.3 is 5.97 Å². The number of hydrogen-bond acceptors (Lipinski definition) is 10. The standard InChI is InChI=1S/C24H25N3O9S/c1-24(2,3)36-22(31)20(30)26-19(29)18(25-17(28)13-35-16-7-5-4-6-8-16)21(26)37-23(32)14-9-11-15(12-10-14)27(33)34/h4-12,18,20-21,30H,13H2,1-3H3,(H,25,28)/t18-,20?,21-/m1/s1. The minimum Gasteiger partial charge on any atom is -0.484 e. The molecule has 1 saturated heterocycles. The number of para-hydroxylation sites is 1. The van der Waals surface area contributed by atoms with Gasteiger partial charge < -0.3 is 19.9 Å². The molecule has 0 radical (unpaired) electrons. The molecule has 0 spiro atoms. The third-order valence-electron chi connectivity index (χ3n) is 4.93. The maximum atomic E-state index is 12.9. The van der Waals surface area contributed by atoms with E-state index in [1.807, 2.05) is 0 Å². The van der Waals surface area contributed by atoms with Crippen LogP contribution in [0.15, 0.2) is 54.6 Å². The summed E-state index contributed by atoms with van der Waals surface area (Å²) in [7, 11) is 0. The lowest BCUT2D eigenvalue weighted by molar-refractivity contribution is -0.384. The Morgan fingerprint density at radius 1 is 1.14 bits per heavy atom. The number of non-ortho nitro benzene ring substituents is 1. The number of nitrogens with zero attached hydrogens (tertiary/aromatic N) is 2. The highest BCUT2D eigenvalue weighted by Crippen LogP contribution is 2.34. The van der Waals surface area contributed by atoms with Crippen molar-refractivity contribution < 1.29 is 38.7 Å². The average Bonchev–Trinajstić information content (AvgIpc) is 2.85. The van der Waals surface area contributed by atoms with Crippen LogP contribution in [0, 0.1) is 10.1 Å². The molecule has 1 aliphatic rings. The number of esters is 1. The zero-order valence-electron chi connectivity index (χ0n) is 20.2. The van der Waals surface area contributed by atoms with Crippen LogP contribution in [0.3, 0.4) is 0 Å². The Morgan fingerprint density at radius 2 is 1.76 bits per heavy atom. The number of benzene rings is 2. The molecule has 0 aliphatic carbocycles. The molecule has 0 aromatic heterocycles. The van der Waals surface area contributed by atoms with Crippen LogP contribution in [-0.4, -0.2) is 67.7 Å². The largest absolute Gasteiger partial charge is 0.484 e. The van der Waals surface area contributed by atoms with Crippen molar-refractivity contribution in [3.63, 3.8) is 0 Å². The molecule has 13 heteroatoms. The first-order valence-corrected chi connectivity index (χ1v) is 11.9. The number of ether oxygens (including phenoxy) is 2. The van der Waals surface area contributed by atoms with Gasteiger partial charge in [0.15, 0.2) is 6.61 Å². The van der Waals surface area contributed by atoms with Crippen molar-refractivity contribution in [2.75, 3.05) is 6.61 Å². The van der Waals surface area contributed by atoms with Gasteiger partial charge in [-0.1, -0.05) is 30.0 Å². The molecule has 1 fully saturated rings. The second-order valence-electron chi connectivity index (χ2n) is 8.90. The molecule has 2 amide bonds. The molecule has 1 unspecified atom stereocenters. The molecule has 3 atom stereocenters. The fourth-order valence-corrected chi connectivity index (χ4v) is 4.39. The lowest BCUT2D eigenvalue weighted by atomic mass is 10.1. The molecule has 2 N–H and O–H groups in total. The highest BCUT2D eigenvalue weighted by Gasteiger charge is 2.54. The number of rotatable bonds is 9. The van der Waals surface area contributed by atoms with Crippen molar-refractivity contribution in [3.8, 4) is 5.75 Å². The van der Waals surface area contributed by atoms with Gasteiger partial charge in [0.25, 0.3) is 17.5 Å².